The van der Waals surface area contributed by atoms with Gasteiger partial charge in [0, 0.05) is 37.0 Å². The van der Waals surface area contributed by atoms with Crippen LogP contribution in [0, 0.1) is 5.92 Å². The number of likely N-dealkylation sites (N-methyl/N-ethyl adjacent to an activating group) is 1. The number of rotatable bonds is 13. The third kappa shape index (κ3) is 8.72. The molecular weight excluding hydrogens is 548 g/mol. The lowest BCUT2D eigenvalue weighted by Crippen LogP contribution is -2.46. The molecule has 4 rings (SSSR count). The van der Waals surface area contributed by atoms with Crippen LogP contribution in [0.3, 0.4) is 0 Å². The van der Waals surface area contributed by atoms with E-state index in [9.17, 15) is 19.8 Å². The zero-order valence-corrected chi connectivity index (χ0v) is 24.9. The molecule has 0 saturated carbocycles. The molecule has 43 heavy (non-hydrogen) atoms. The van der Waals surface area contributed by atoms with Crippen molar-refractivity contribution in [3.05, 3.63) is 107 Å². The minimum Gasteiger partial charge on any atom is -0.481 e. The first-order chi connectivity index (χ1) is 20.7. The minimum absolute atomic E-state index is 0.0139. The van der Waals surface area contributed by atoms with E-state index in [0.717, 1.165) is 27.8 Å². The number of aliphatic carboxylic acids is 1. The summed E-state index contributed by atoms with van der Waals surface area (Å²) in [6.45, 7) is 4.93. The van der Waals surface area contributed by atoms with Crippen LogP contribution in [0.5, 0.6) is 0 Å². The van der Waals surface area contributed by atoms with Gasteiger partial charge in [0.1, 0.15) is 0 Å². The average Bonchev–Trinajstić information content (AvgIpc) is 3.03. The Morgan fingerprint density at radius 1 is 0.907 bits per heavy atom. The van der Waals surface area contributed by atoms with E-state index in [2.05, 4.69) is 17.1 Å². The fraction of sp³-hybridized carbons (Fsp3) is 0.412. The molecule has 4 N–H and O–H groups in total. The Morgan fingerprint density at radius 2 is 1.53 bits per heavy atom. The number of amides is 1. The molecule has 9 nitrogen and oxygen atoms in total. The van der Waals surface area contributed by atoms with Gasteiger partial charge >= 0.3 is 5.97 Å². The first-order valence-electron chi connectivity index (χ1n) is 14.7. The molecule has 1 saturated heterocycles. The predicted octanol–water partition coefficient (Wildman–Crippen LogP) is 4.51. The lowest BCUT2D eigenvalue weighted by Gasteiger charge is -2.43. The highest BCUT2D eigenvalue weighted by atomic mass is 16.7. The van der Waals surface area contributed by atoms with Crippen molar-refractivity contribution >= 4 is 11.9 Å². The van der Waals surface area contributed by atoms with E-state index in [1.54, 1.807) is 0 Å². The highest BCUT2D eigenvalue weighted by Gasteiger charge is 2.39. The summed E-state index contributed by atoms with van der Waals surface area (Å²) in [5.74, 6) is -1.33. The Hall–Kier alpha value is -3.60. The zero-order valence-electron chi connectivity index (χ0n) is 24.9. The highest BCUT2D eigenvalue weighted by molar-refractivity contribution is 5.80. The maximum Gasteiger partial charge on any atom is 0.303 e. The Balaban J connectivity index is 1.49. The van der Waals surface area contributed by atoms with Crippen LogP contribution in [0.15, 0.2) is 78.9 Å². The fourth-order valence-corrected chi connectivity index (χ4v) is 5.25. The molecule has 3 aromatic rings. The quantitative estimate of drug-likeness (QED) is 0.229. The number of benzene rings is 3. The Labute approximate surface area is 253 Å². The van der Waals surface area contributed by atoms with Crippen molar-refractivity contribution in [1.29, 1.82) is 0 Å². The van der Waals surface area contributed by atoms with E-state index in [1.165, 1.54) is 0 Å². The highest BCUT2D eigenvalue weighted by Crippen LogP contribution is 2.42. The van der Waals surface area contributed by atoms with Crippen molar-refractivity contribution in [2.75, 3.05) is 13.6 Å². The van der Waals surface area contributed by atoms with Gasteiger partial charge < -0.3 is 30.1 Å². The minimum atomic E-state index is -1.00. The molecule has 0 spiro atoms. The zero-order chi connectivity index (χ0) is 30.9. The summed E-state index contributed by atoms with van der Waals surface area (Å²) in [5.41, 5.74) is 4.37. The number of ether oxygens (including phenoxy) is 2. The van der Waals surface area contributed by atoms with Crippen molar-refractivity contribution in [1.82, 2.24) is 10.2 Å². The molecule has 6 atom stereocenters. The summed E-state index contributed by atoms with van der Waals surface area (Å²) in [7, 11) is 1.99. The fourth-order valence-electron chi connectivity index (χ4n) is 5.25. The van der Waals surface area contributed by atoms with Crippen LogP contribution in [0.2, 0.25) is 0 Å². The molecule has 1 fully saturated rings. The average molecular weight is 591 g/mol. The molecule has 3 aromatic carbocycles. The predicted molar refractivity (Wildman–Crippen MR) is 162 cm³/mol. The van der Waals surface area contributed by atoms with Crippen molar-refractivity contribution in [2.45, 2.75) is 70.5 Å². The third-order valence-electron chi connectivity index (χ3n) is 8.19. The van der Waals surface area contributed by atoms with Gasteiger partial charge in [-0.3, -0.25) is 14.5 Å². The second-order valence-corrected chi connectivity index (χ2v) is 11.3. The van der Waals surface area contributed by atoms with Crippen LogP contribution < -0.4 is 5.32 Å². The van der Waals surface area contributed by atoms with E-state index < -0.39 is 18.4 Å². The molecule has 1 aliphatic heterocycles. The second kappa shape index (κ2) is 15.2. The number of carboxylic acid groups (broad SMARTS) is 1. The number of nitrogens with one attached hydrogen (secondary N) is 1. The number of carboxylic acids is 1. The third-order valence-corrected chi connectivity index (χ3v) is 8.19. The van der Waals surface area contributed by atoms with Crippen LogP contribution >= 0.6 is 0 Å². The summed E-state index contributed by atoms with van der Waals surface area (Å²) < 4.78 is 13.1. The van der Waals surface area contributed by atoms with Crippen LogP contribution in [0.1, 0.15) is 73.0 Å². The SMILES string of the molecule is C[C@H]1[C@@H](CN(C)[C@@H](C)[C@H](O)c2ccccc2)O[C@@H](c2ccc(CNC(=O)CCC(=O)O)cc2)O[C@H]1c1ccc(CO)cc1. The van der Waals surface area contributed by atoms with Gasteiger partial charge in [0.05, 0.1) is 31.3 Å². The van der Waals surface area contributed by atoms with Gasteiger partial charge in [-0.2, -0.15) is 0 Å². The molecule has 0 unspecified atom stereocenters. The second-order valence-electron chi connectivity index (χ2n) is 11.3. The molecule has 1 heterocycles. The molecule has 0 bridgehead atoms. The summed E-state index contributed by atoms with van der Waals surface area (Å²) in [5, 5.41) is 32.1. The van der Waals surface area contributed by atoms with Crippen molar-refractivity contribution in [2.24, 2.45) is 5.92 Å². The summed E-state index contributed by atoms with van der Waals surface area (Å²) in [6.07, 6.45) is -2.06. The number of hydrogen-bond acceptors (Lipinski definition) is 7. The van der Waals surface area contributed by atoms with E-state index in [-0.39, 0.29) is 56.1 Å². The molecule has 230 valence electrons. The van der Waals surface area contributed by atoms with Crippen molar-refractivity contribution < 1.29 is 34.4 Å². The van der Waals surface area contributed by atoms with Crippen LogP contribution in [-0.2, 0) is 32.2 Å². The normalized spacial score (nSPS) is 21.7. The lowest BCUT2D eigenvalue weighted by atomic mass is 9.89. The number of aliphatic hydroxyl groups excluding tert-OH is 2. The Kier molecular flexibility index (Phi) is 11.4. The van der Waals surface area contributed by atoms with Gasteiger partial charge in [-0.25, -0.2) is 0 Å². The monoisotopic (exact) mass is 590 g/mol. The number of nitrogens with zero attached hydrogens (tertiary/aromatic N) is 1. The topological polar surface area (TPSA) is 129 Å². The van der Waals surface area contributed by atoms with E-state index in [0.29, 0.717) is 6.54 Å². The molecule has 9 heteroatoms. The molecule has 0 aliphatic carbocycles. The first kappa shape index (κ1) is 32.3. The number of aliphatic hydroxyl groups is 2. The van der Waals surface area contributed by atoms with Gasteiger partial charge in [-0.1, -0.05) is 85.8 Å². The van der Waals surface area contributed by atoms with Crippen LogP contribution in [0.4, 0.5) is 0 Å². The molecular formula is C34H42N2O7. The van der Waals surface area contributed by atoms with Crippen molar-refractivity contribution in [3.8, 4) is 0 Å². The number of carbonyl (C=O) groups excluding carboxylic acids is 1. The van der Waals surface area contributed by atoms with E-state index >= 15 is 0 Å². The van der Waals surface area contributed by atoms with E-state index in [1.807, 2.05) is 92.8 Å². The van der Waals surface area contributed by atoms with E-state index in [4.69, 9.17) is 14.6 Å². The van der Waals surface area contributed by atoms with Gasteiger partial charge in [0.15, 0.2) is 6.29 Å². The van der Waals surface area contributed by atoms with Crippen molar-refractivity contribution in [3.63, 3.8) is 0 Å². The maximum atomic E-state index is 11.9. The first-order valence-corrected chi connectivity index (χ1v) is 14.7. The van der Waals surface area contributed by atoms with Gasteiger partial charge in [-0.05, 0) is 36.2 Å². The number of hydrogen-bond donors (Lipinski definition) is 4. The van der Waals surface area contributed by atoms with Gasteiger partial charge in [-0.15, -0.1) is 0 Å². The molecule has 0 aromatic heterocycles. The van der Waals surface area contributed by atoms with Crippen LogP contribution in [-0.4, -0.2) is 57.8 Å². The number of carbonyl (C=O) groups is 2. The smallest absolute Gasteiger partial charge is 0.303 e. The van der Waals surface area contributed by atoms with Crippen LogP contribution in [0.25, 0.3) is 0 Å². The largest absolute Gasteiger partial charge is 0.481 e. The maximum absolute atomic E-state index is 11.9. The molecule has 1 amide bonds. The summed E-state index contributed by atoms with van der Waals surface area (Å²) in [6, 6.07) is 24.8. The van der Waals surface area contributed by atoms with Gasteiger partial charge in [0.25, 0.3) is 0 Å². The molecule has 1 aliphatic rings. The Morgan fingerprint density at radius 3 is 2.16 bits per heavy atom. The molecule has 0 radical (unpaired) electrons. The lowest BCUT2D eigenvalue weighted by molar-refractivity contribution is -0.276. The Bertz CT molecular complexity index is 1320. The standard InChI is InChI=1S/C34H42N2O7/c1-22-29(20-36(3)23(2)32(41)26-7-5-4-6-8-26)42-34(43-33(22)27-13-11-25(21-37)12-14-27)28-15-9-24(10-16-28)19-35-30(38)17-18-31(39)40/h4-16,22-23,29,32-34,37,41H,17-21H2,1-3H3,(H,35,38)(H,39,40)/t22-,23-,29+,32-,33+,34+/m0/s1. The summed E-state index contributed by atoms with van der Waals surface area (Å²) >= 11 is 0. The van der Waals surface area contributed by atoms with Gasteiger partial charge in [0.2, 0.25) is 5.91 Å². The summed E-state index contributed by atoms with van der Waals surface area (Å²) in [4.78, 5) is 24.7.